The Balaban J connectivity index is 1.92. The number of halogens is 3. The fourth-order valence-corrected chi connectivity index (χ4v) is 3.83. The van der Waals surface area contributed by atoms with Crippen LogP contribution in [-0.4, -0.2) is 32.7 Å². The highest BCUT2D eigenvalue weighted by Gasteiger charge is 2.30. The van der Waals surface area contributed by atoms with E-state index in [0.717, 1.165) is 21.8 Å². The van der Waals surface area contributed by atoms with Crippen LogP contribution in [0.1, 0.15) is 49.6 Å². The third-order valence-electron chi connectivity index (χ3n) is 4.45. The lowest BCUT2D eigenvalue weighted by Crippen LogP contribution is -2.18. The second-order valence-corrected chi connectivity index (χ2v) is 7.95. The molecule has 0 bridgehead atoms. The van der Waals surface area contributed by atoms with Gasteiger partial charge in [-0.1, -0.05) is 26.0 Å². The van der Waals surface area contributed by atoms with E-state index in [1.807, 2.05) is 19.9 Å². The van der Waals surface area contributed by atoms with Crippen LogP contribution in [0, 0.1) is 11.3 Å². The van der Waals surface area contributed by atoms with E-state index in [1.54, 1.807) is 0 Å². The lowest BCUT2D eigenvalue weighted by Gasteiger charge is -2.11. The van der Waals surface area contributed by atoms with Crippen LogP contribution >= 0.6 is 11.3 Å². The van der Waals surface area contributed by atoms with Gasteiger partial charge >= 0.3 is 12.3 Å². The first-order valence-corrected chi connectivity index (χ1v) is 10.9. The molecule has 12 heteroatoms. The Morgan fingerprint density at radius 3 is 2.48 bits per heavy atom. The molecule has 0 radical (unpaired) electrons. The molecule has 0 spiro atoms. The third kappa shape index (κ3) is 5.48. The van der Waals surface area contributed by atoms with Gasteiger partial charge in [0.1, 0.15) is 16.8 Å². The van der Waals surface area contributed by atoms with Gasteiger partial charge in [0.15, 0.2) is 11.4 Å². The Hall–Kier alpha value is -3.46. The maximum atomic E-state index is 12.9. The van der Waals surface area contributed by atoms with Crippen molar-refractivity contribution in [1.29, 1.82) is 5.26 Å². The van der Waals surface area contributed by atoms with Crippen LogP contribution in [0.2, 0.25) is 0 Å². The molecule has 0 fully saturated rings. The van der Waals surface area contributed by atoms with Crippen molar-refractivity contribution < 1.29 is 27.4 Å². The molecule has 0 amide bonds. The minimum atomic E-state index is -4.43. The first-order chi connectivity index (χ1) is 15.7. The topological polar surface area (TPSA) is 103 Å². The zero-order valence-corrected chi connectivity index (χ0v) is 18.8. The Bertz CT molecular complexity index is 1170. The lowest BCUT2D eigenvalue weighted by atomic mass is 10.1. The molecule has 0 aliphatic rings. The number of ether oxygens (including phenoxy) is 2. The molecule has 1 unspecified atom stereocenters. The number of hydrogen-bond donors (Lipinski definition) is 0. The zero-order chi connectivity index (χ0) is 24.2. The van der Waals surface area contributed by atoms with E-state index in [1.165, 1.54) is 30.4 Å². The molecule has 2 heterocycles. The third-order valence-corrected chi connectivity index (χ3v) is 5.70. The number of hydrogen-bond acceptors (Lipinski definition) is 8. The molecular formula is C21H20F3N5O3S. The SMILES string of the molecule is CCCOC(=O)OC(C)n1nc(C#N)c(-c2nc(-c3ccc(C(F)(F)F)cc3)sc2CC)n1. The highest BCUT2D eigenvalue weighted by molar-refractivity contribution is 7.15. The smallest absolute Gasteiger partial charge is 0.434 e. The van der Waals surface area contributed by atoms with E-state index in [9.17, 15) is 23.2 Å². The highest BCUT2D eigenvalue weighted by atomic mass is 32.1. The van der Waals surface area contributed by atoms with Crippen LogP contribution < -0.4 is 0 Å². The van der Waals surface area contributed by atoms with Gasteiger partial charge < -0.3 is 9.47 Å². The molecule has 0 saturated heterocycles. The van der Waals surface area contributed by atoms with E-state index in [4.69, 9.17) is 9.47 Å². The summed E-state index contributed by atoms with van der Waals surface area (Å²) in [6, 6.07) is 6.65. The molecule has 0 saturated carbocycles. The Labute approximate surface area is 191 Å². The normalized spacial score (nSPS) is 12.3. The average molecular weight is 479 g/mol. The van der Waals surface area contributed by atoms with Gasteiger partial charge in [0, 0.05) is 10.4 Å². The van der Waals surface area contributed by atoms with E-state index >= 15 is 0 Å². The predicted molar refractivity (Wildman–Crippen MR) is 113 cm³/mol. The minimum Gasteiger partial charge on any atom is -0.434 e. The van der Waals surface area contributed by atoms with Gasteiger partial charge in [-0.3, -0.25) is 0 Å². The lowest BCUT2D eigenvalue weighted by molar-refractivity contribution is -0.137. The summed E-state index contributed by atoms with van der Waals surface area (Å²) in [6.45, 7) is 5.46. The van der Waals surface area contributed by atoms with Gasteiger partial charge in [0.25, 0.3) is 0 Å². The molecule has 33 heavy (non-hydrogen) atoms. The fraction of sp³-hybridized carbons (Fsp3) is 0.381. The Morgan fingerprint density at radius 2 is 1.91 bits per heavy atom. The molecule has 3 aromatic rings. The van der Waals surface area contributed by atoms with Crippen LogP contribution in [0.3, 0.4) is 0 Å². The number of nitrogens with zero attached hydrogens (tertiary/aromatic N) is 5. The minimum absolute atomic E-state index is 0.0219. The molecule has 0 aliphatic heterocycles. The molecule has 174 valence electrons. The first kappa shape index (κ1) is 24.2. The molecule has 2 aromatic heterocycles. The van der Waals surface area contributed by atoms with Crippen LogP contribution in [0.5, 0.6) is 0 Å². The largest absolute Gasteiger partial charge is 0.510 e. The number of carbonyl (C=O) groups excluding carboxylic acids is 1. The van der Waals surface area contributed by atoms with Crippen molar-refractivity contribution in [2.75, 3.05) is 6.61 Å². The van der Waals surface area contributed by atoms with Crippen LogP contribution in [0.4, 0.5) is 18.0 Å². The van der Waals surface area contributed by atoms with Gasteiger partial charge in [0.05, 0.1) is 12.2 Å². The van der Waals surface area contributed by atoms with E-state index in [-0.39, 0.29) is 18.0 Å². The molecule has 1 aromatic carbocycles. The van der Waals surface area contributed by atoms with Crippen molar-refractivity contribution >= 4 is 17.5 Å². The number of benzene rings is 1. The number of rotatable bonds is 7. The summed E-state index contributed by atoms with van der Waals surface area (Å²) < 4.78 is 48.6. The van der Waals surface area contributed by atoms with Crippen molar-refractivity contribution in [2.24, 2.45) is 0 Å². The molecule has 8 nitrogen and oxygen atoms in total. The van der Waals surface area contributed by atoms with Gasteiger partial charge in [-0.15, -0.1) is 26.3 Å². The van der Waals surface area contributed by atoms with E-state index in [0.29, 0.717) is 29.1 Å². The van der Waals surface area contributed by atoms with Gasteiger partial charge in [-0.05, 0) is 31.9 Å². The number of alkyl halides is 3. The van der Waals surface area contributed by atoms with Crippen molar-refractivity contribution in [3.05, 3.63) is 40.4 Å². The molecule has 0 aliphatic carbocycles. The van der Waals surface area contributed by atoms with Gasteiger partial charge in [0.2, 0.25) is 6.23 Å². The Morgan fingerprint density at radius 1 is 1.21 bits per heavy atom. The summed E-state index contributed by atoms with van der Waals surface area (Å²) in [6.07, 6.45) is -5.05. The fourth-order valence-electron chi connectivity index (χ4n) is 2.83. The number of nitriles is 1. The summed E-state index contributed by atoms with van der Waals surface area (Å²) in [4.78, 5) is 18.1. The van der Waals surface area contributed by atoms with Crippen molar-refractivity contribution in [3.63, 3.8) is 0 Å². The first-order valence-electron chi connectivity index (χ1n) is 10.1. The monoisotopic (exact) mass is 479 g/mol. The van der Waals surface area contributed by atoms with Crippen LogP contribution in [0.25, 0.3) is 22.0 Å². The highest BCUT2D eigenvalue weighted by Crippen LogP contribution is 2.36. The summed E-state index contributed by atoms with van der Waals surface area (Å²) in [5.41, 5.74) is 0.337. The van der Waals surface area contributed by atoms with Crippen LogP contribution in [0.15, 0.2) is 24.3 Å². The number of carbonyl (C=O) groups is 1. The number of thiazole rings is 1. The standard InChI is InChI=1S/C21H20F3N5O3S/c1-4-10-31-20(30)32-12(3)29-27-15(11-25)17(28-29)18-16(5-2)33-19(26-18)13-6-8-14(9-7-13)21(22,23)24/h6-9,12H,4-5,10H2,1-3H3. The number of aromatic nitrogens is 4. The molecule has 1 atom stereocenters. The summed E-state index contributed by atoms with van der Waals surface area (Å²) in [5, 5.41) is 18.4. The van der Waals surface area contributed by atoms with E-state index < -0.39 is 24.1 Å². The molecule has 3 rings (SSSR count). The van der Waals surface area contributed by atoms with Crippen molar-refractivity contribution in [2.45, 2.75) is 46.0 Å². The summed E-state index contributed by atoms with van der Waals surface area (Å²) in [7, 11) is 0. The number of aryl methyl sites for hydroxylation is 1. The maximum absolute atomic E-state index is 12.9. The summed E-state index contributed by atoms with van der Waals surface area (Å²) in [5.74, 6) is 0. The Kier molecular flexibility index (Phi) is 7.33. The molecular weight excluding hydrogens is 459 g/mol. The van der Waals surface area contributed by atoms with Crippen molar-refractivity contribution in [3.8, 4) is 28.0 Å². The second-order valence-electron chi connectivity index (χ2n) is 6.86. The van der Waals surface area contributed by atoms with Crippen LogP contribution in [-0.2, 0) is 22.1 Å². The quantitative estimate of drug-likeness (QED) is 0.406. The van der Waals surface area contributed by atoms with Crippen molar-refractivity contribution in [1.82, 2.24) is 20.0 Å². The second kappa shape index (κ2) is 9.99. The van der Waals surface area contributed by atoms with Gasteiger partial charge in [-0.2, -0.15) is 18.4 Å². The molecule has 0 N–H and O–H groups in total. The average Bonchev–Trinajstić information content (AvgIpc) is 3.41. The zero-order valence-electron chi connectivity index (χ0n) is 18.0. The summed E-state index contributed by atoms with van der Waals surface area (Å²) >= 11 is 1.29. The predicted octanol–water partition coefficient (Wildman–Crippen LogP) is 5.60. The van der Waals surface area contributed by atoms with E-state index in [2.05, 4.69) is 15.2 Å². The maximum Gasteiger partial charge on any atom is 0.510 e. The van der Waals surface area contributed by atoms with Gasteiger partial charge in [-0.25, -0.2) is 9.78 Å².